The Morgan fingerprint density at radius 3 is 2.75 bits per heavy atom. The van der Waals surface area contributed by atoms with Crippen LogP contribution in [-0.2, 0) is 16.6 Å². The molecule has 0 amide bonds. The Labute approximate surface area is 119 Å². The second-order valence-corrected chi connectivity index (χ2v) is 6.88. The molecular weight excluding hydrogens is 279 g/mol. The molecule has 1 N–H and O–H groups in total. The Morgan fingerprint density at radius 2 is 2.15 bits per heavy atom. The molecule has 0 atom stereocenters. The molecule has 0 saturated heterocycles. The topological polar surface area (TPSA) is 49.4 Å². The number of benzene rings is 1. The lowest BCUT2D eigenvalue weighted by atomic mass is 10.2. The van der Waals surface area contributed by atoms with E-state index in [1.165, 1.54) is 16.4 Å². The van der Waals surface area contributed by atoms with E-state index in [-0.39, 0.29) is 4.90 Å². The molecule has 20 heavy (non-hydrogen) atoms. The van der Waals surface area contributed by atoms with E-state index < -0.39 is 15.8 Å². The van der Waals surface area contributed by atoms with Crippen LogP contribution in [0.1, 0.15) is 18.9 Å². The zero-order chi connectivity index (χ0) is 14.8. The van der Waals surface area contributed by atoms with Crippen molar-refractivity contribution in [2.45, 2.75) is 24.8 Å². The summed E-state index contributed by atoms with van der Waals surface area (Å²) in [5.74, 6) is -0.690. The van der Waals surface area contributed by atoms with E-state index in [9.17, 15) is 12.8 Å². The third-order valence-electron chi connectivity index (χ3n) is 3.29. The van der Waals surface area contributed by atoms with Gasteiger partial charge in [-0.1, -0.05) is 17.7 Å². The summed E-state index contributed by atoms with van der Waals surface area (Å²) in [4.78, 5) is -0.243. The second kappa shape index (κ2) is 6.03. The van der Waals surface area contributed by atoms with Gasteiger partial charge < -0.3 is 5.32 Å². The van der Waals surface area contributed by atoms with E-state index in [4.69, 9.17) is 0 Å². The summed E-state index contributed by atoms with van der Waals surface area (Å²) in [5.41, 5.74) is 1.71. The largest absolute Gasteiger partial charge is 0.316 e. The van der Waals surface area contributed by atoms with E-state index in [2.05, 4.69) is 5.32 Å². The molecule has 2 rings (SSSR count). The van der Waals surface area contributed by atoms with Crippen LogP contribution in [-0.4, -0.2) is 32.9 Å². The van der Waals surface area contributed by atoms with Crippen molar-refractivity contribution in [1.82, 2.24) is 9.62 Å². The van der Waals surface area contributed by atoms with Crippen LogP contribution in [0.25, 0.3) is 0 Å². The summed E-state index contributed by atoms with van der Waals surface area (Å²) in [5, 5.41) is 2.90. The minimum Gasteiger partial charge on any atom is -0.316 e. The number of sulfonamides is 1. The fourth-order valence-corrected chi connectivity index (χ4v) is 3.83. The van der Waals surface area contributed by atoms with Gasteiger partial charge >= 0.3 is 0 Å². The average Bonchev–Trinajstić information content (AvgIpc) is 2.39. The Balaban J connectivity index is 2.32. The monoisotopic (exact) mass is 298 g/mol. The van der Waals surface area contributed by atoms with Crippen LogP contribution >= 0.6 is 0 Å². The quantitative estimate of drug-likeness (QED) is 0.864. The molecule has 1 aliphatic heterocycles. The lowest BCUT2D eigenvalue weighted by Crippen LogP contribution is -2.35. The molecule has 1 aromatic carbocycles. The first-order chi connectivity index (χ1) is 9.45. The third-order valence-corrected chi connectivity index (χ3v) is 5.17. The Kier molecular flexibility index (Phi) is 4.57. The summed E-state index contributed by atoms with van der Waals surface area (Å²) in [6, 6.07) is 4.26. The SMILES string of the molecule is CNCc1ccc(S(=O)(=O)N2CCC=C(C)C2)c(F)c1. The molecule has 6 heteroatoms. The third kappa shape index (κ3) is 3.08. The molecule has 0 bridgehead atoms. The predicted molar refractivity (Wildman–Crippen MR) is 76.3 cm³/mol. The van der Waals surface area contributed by atoms with Crippen LogP contribution < -0.4 is 5.32 Å². The number of hydrogen-bond donors (Lipinski definition) is 1. The summed E-state index contributed by atoms with van der Waals surface area (Å²) in [6.07, 6.45) is 2.68. The van der Waals surface area contributed by atoms with Crippen LogP contribution in [0.15, 0.2) is 34.7 Å². The molecule has 0 spiro atoms. The van der Waals surface area contributed by atoms with Crippen molar-refractivity contribution in [3.8, 4) is 0 Å². The lowest BCUT2D eigenvalue weighted by molar-refractivity contribution is 0.423. The van der Waals surface area contributed by atoms with Crippen molar-refractivity contribution < 1.29 is 12.8 Å². The van der Waals surface area contributed by atoms with E-state index in [1.807, 2.05) is 13.0 Å². The standard InChI is InChI=1S/C14H19FN2O2S/c1-11-4-3-7-17(10-11)20(18,19)14-6-5-12(9-16-2)8-13(14)15/h4-6,8,16H,3,7,9-10H2,1-2H3. The van der Waals surface area contributed by atoms with Crippen molar-refractivity contribution in [1.29, 1.82) is 0 Å². The van der Waals surface area contributed by atoms with Crippen LogP contribution in [0.2, 0.25) is 0 Å². The Bertz CT molecular complexity index is 626. The van der Waals surface area contributed by atoms with Gasteiger partial charge in [0.05, 0.1) is 0 Å². The highest BCUT2D eigenvalue weighted by Crippen LogP contribution is 2.23. The van der Waals surface area contributed by atoms with Gasteiger partial charge in [0.2, 0.25) is 10.0 Å². The van der Waals surface area contributed by atoms with Crippen molar-refractivity contribution in [2.24, 2.45) is 0 Å². The molecule has 110 valence electrons. The first-order valence-electron chi connectivity index (χ1n) is 6.54. The minimum atomic E-state index is -3.76. The molecule has 0 fully saturated rings. The van der Waals surface area contributed by atoms with Crippen molar-refractivity contribution in [3.63, 3.8) is 0 Å². The fraction of sp³-hybridized carbons (Fsp3) is 0.429. The summed E-state index contributed by atoms with van der Waals surface area (Å²) < 4.78 is 40.3. The van der Waals surface area contributed by atoms with Crippen LogP contribution in [0.3, 0.4) is 0 Å². The number of hydrogen-bond acceptors (Lipinski definition) is 3. The summed E-state index contributed by atoms with van der Waals surface area (Å²) in [7, 11) is -2.00. The minimum absolute atomic E-state index is 0.243. The Morgan fingerprint density at radius 1 is 1.40 bits per heavy atom. The molecule has 0 aromatic heterocycles. The van der Waals surface area contributed by atoms with Crippen molar-refractivity contribution in [3.05, 3.63) is 41.2 Å². The highest BCUT2D eigenvalue weighted by Gasteiger charge is 2.28. The van der Waals surface area contributed by atoms with Gasteiger partial charge in [0.25, 0.3) is 0 Å². The maximum Gasteiger partial charge on any atom is 0.246 e. The molecule has 1 heterocycles. The smallest absolute Gasteiger partial charge is 0.246 e. The van der Waals surface area contributed by atoms with Gasteiger partial charge in [-0.2, -0.15) is 4.31 Å². The molecular formula is C14H19FN2O2S. The molecule has 0 unspecified atom stereocenters. The normalized spacial score (nSPS) is 17.1. The maximum absolute atomic E-state index is 14.1. The van der Waals surface area contributed by atoms with E-state index in [1.54, 1.807) is 13.1 Å². The summed E-state index contributed by atoms with van der Waals surface area (Å²) in [6.45, 7) is 3.12. The van der Waals surface area contributed by atoms with Gasteiger partial charge in [-0.05, 0) is 38.1 Å². The number of nitrogens with one attached hydrogen (secondary N) is 1. The predicted octanol–water partition coefficient (Wildman–Crippen LogP) is 1.89. The van der Waals surface area contributed by atoms with Crippen molar-refractivity contribution >= 4 is 10.0 Å². The molecule has 1 aromatic rings. The second-order valence-electron chi connectivity index (χ2n) is 4.97. The molecule has 1 aliphatic rings. The van der Waals surface area contributed by atoms with Gasteiger partial charge in [0.15, 0.2) is 0 Å². The van der Waals surface area contributed by atoms with Crippen molar-refractivity contribution in [2.75, 3.05) is 20.1 Å². The maximum atomic E-state index is 14.1. The number of rotatable bonds is 4. The zero-order valence-electron chi connectivity index (χ0n) is 11.7. The molecule has 0 radical (unpaired) electrons. The number of halogens is 1. The van der Waals surface area contributed by atoms with E-state index >= 15 is 0 Å². The molecule has 4 nitrogen and oxygen atoms in total. The lowest BCUT2D eigenvalue weighted by Gasteiger charge is -2.25. The van der Waals surface area contributed by atoms with E-state index in [0.717, 1.165) is 11.1 Å². The van der Waals surface area contributed by atoms with Gasteiger partial charge in [0.1, 0.15) is 10.7 Å². The van der Waals surface area contributed by atoms with Crippen LogP contribution in [0.4, 0.5) is 4.39 Å². The van der Waals surface area contributed by atoms with Gasteiger partial charge in [-0.15, -0.1) is 0 Å². The summed E-state index contributed by atoms with van der Waals surface area (Å²) >= 11 is 0. The number of nitrogens with zero attached hydrogens (tertiary/aromatic N) is 1. The fourth-order valence-electron chi connectivity index (χ4n) is 2.29. The highest BCUT2D eigenvalue weighted by atomic mass is 32.2. The first kappa shape index (κ1) is 15.2. The average molecular weight is 298 g/mol. The van der Waals surface area contributed by atoms with Crippen LogP contribution in [0, 0.1) is 5.82 Å². The van der Waals surface area contributed by atoms with E-state index in [0.29, 0.717) is 26.1 Å². The zero-order valence-corrected chi connectivity index (χ0v) is 12.5. The molecule has 0 aliphatic carbocycles. The molecule has 0 saturated carbocycles. The van der Waals surface area contributed by atoms with Crippen LogP contribution in [0.5, 0.6) is 0 Å². The van der Waals surface area contributed by atoms with Gasteiger partial charge in [-0.3, -0.25) is 0 Å². The van der Waals surface area contributed by atoms with Gasteiger partial charge in [-0.25, -0.2) is 12.8 Å². The highest BCUT2D eigenvalue weighted by molar-refractivity contribution is 7.89. The Hall–Kier alpha value is -1.24. The first-order valence-corrected chi connectivity index (χ1v) is 7.98. The van der Waals surface area contributed by atoms with Gasteiger partial charge in [0, 0.05) is 19.6 Å².